The lowest BCUT2D eigenvalue weighted by Gasteiger charge is -2.29. The Morgan fingerprint density at radius 1 is 1.53 bits per heavy atom. The Kier molecular flexibility index (Phi) is 3.38. The number of likely N-dealkylation sites (tertiary alicyclic amines) is 1. The van der Waals surface area contributed by atoms with Gasteiger partial charge in [0, 0.05) is 5.92 Å². The Hall–Kier alpha value is -0.870. The highest BCUT2D eigenvalue weighted by atomic mass is 16.4. The highest BCUT2D eigenvalue weighted by Crippen LogP contribution is 2.27. The summed E-state index contributed by atoms with van der Waals surface area (Å²) in [7, 11) is 0. The number of oxazole rings is 1. The van der Waals surface area contributed by atoms with E-state index < -0.39 is 0 Å². The molecule has 0 amide bonds. The standard InChI is InChI=1S/C11H18N2O2/c1-2-13-5-3-9(4-6-13)11-12-7-10(8-14)15-11/h7,9,14H,2-6,8H2,1H3. The van der Waals surface area contributed by atoms with Gasteiger partial charge in [-0.1, -0.05) is 6.92 Å². The molecule has 1 aliphatic heterocycles. The predicted octanol–water partition coefficient (Wildman–Crippen LogP) is 1.37. The fourth-order valence-corrected chi connectivity index (χ4v) is 2.08. The topological polar surface area (TPSA) is 49.5 Å². The van der Waals surface area contributed by atoms with Gasteiger partial charge in [-0.05, 0) is 32.5 Å². The summed E-state index contributed by atoms with van der Waals surface area (Å²) in [4.78, 5) is 6.65. The molecule has 0 bridgehead atoms. The molecule has 4 heteroatoms. The number of aliphatic hydroxyl groups excluding tert-OH is 1. The van der Waals surface area contributed by atoms with Crippen LogP contribution in [0.2, 0.25) is 0 Å². The van der Waals surface area contributed by atoms with Crippen molar-refractivity contribution in [2.24, 2.45) is 0 Å². The molecular formula is C11H18N2O2. The zero-order chi connectivity index (χ0) is 10.7. The van der Waals surface area contributed by atoms with Crippen molar-refractivity contribution in [2.75, 3.05) is 19.6 Å². The van der Waals surface area contributed by atoms with Crippen LogP contribution in [-0.2, 0) is 6.61 Å². The molecule has 0 saturated carbocycles. The highest BCUT2D eigenvalue weighted by molar-refractivity contribution is 4.99. The molecule has 4 nitrogen and oxygen atoms in total. The first-order valence-electron chi connectivity index (χ1n) is 5.61. The highest BCUT2D eigenvalue weighted by Gasteiger charge is 2.23. The van der Waals surface area contributed by atoms with Gasteiger partial charge in [-0.15, -0.1) is 0 Å². The predicted molar refractivity (Wildman–Crippen MR) is 56.5 cm³/mol. The first-order chi connectivity index (χ1) is 7.33. The number of hydrogen-bond donors (Lipinski definition) is 1. The molecule has 1 aromatic rings. The van der Waals surface area contributed by atoms with Crippen LogP contribution in [0.4, 0.5) is 0 Å². The van der Waals surface area contributed by atoms with Crippen LogP contribution in [0, 0.1) is 0 Å². The molecule has 0 atom stereocenters. The van der Waals surface area contributed by atoms with Crippen LogP contribution in [-0.4, -0.2) is 34.6 Å². The second-order valence-electron chi connectivity index (χ2n) is 4.03. The molecule has 0 aromatic carbocycles. The lowest BCUT2D eigenvalue weighted by molar-refractivity contribution is 0.200. The smallest absolute Gasteiger partial charge is 0.197 e. The molecule has 2 heterocycles. The summed E-state index contributed by atoms with van der Waals surface area (Å²) >= 11 is 0. The number of piperidine rings is 1. The monoisotopic (exact) mass is 210 g/mol. The van der Waals surface area contributed by atoms with E-state index in [-0.39, 0.29) is 6.61 Å². The maximum Gasteiger partial charge on any atom is 0.197 e. The molecule has 0 radical (unpaired) electrons. The fraction of sp³-hybridized carbons (Fsp3) is 0.727. The normalized spacial score (nSPS) is 19.6. The number of aliphatic hydroxyl groups is 1. The average molecular weight is 210 g/mol. The average Bonchev–Trinajstić information content (AvgIpc) is 2.78. The second-order valence-corrected chi connectivity index (χ2v) is 4.03. The molecule has 15 heavy (non-hydrogen) atoms. The van der Waals surface area contributed by atoms with Crippen LogP contribution >= 0.6 is 0 Å². The van der Waals surface area contributed by atoms with E-state index in [1.165, 1.54) is 0 Å². The second kappa shape index (κ2) is 4.77. The summed E-state index contributed by atoms with van der Waals surface area (Å²) in [5.41, 5.74) is 0. The van der Waals surface area contributed by atoms with Gasteiger partial charge in [-0.25, -0.2) is 4.98 Å². The summed E-state index contributed by atoms with van der Waals surface area (Å²) in [6, 6.07) is 0. The van der Waals surface area contributed by atoms with Crippen molar-refractivity contribution < 1.29 is 9.52 Å². The number of nitrogens with zero attached hydrogens (tertiary/aromatic N) is 2. The van der Waals surface area contributed by atoms with E-state index in [2.05, 4.69) is 16.8 Å². The van der Waals surface area contributed by atoms with Gasteiger partial charge < -0.3 is 14.4 Å². The summed E-state index contributed by atoms with van der Waals surface area (Å²) < 4.78 is 5.46. The third-order valence-corrected chi connectivity index (χ3v) is 3.11. The van der Waals surface area contributed by atoms with E-state index in [4.69, 9.17) is 9.52 Å². The van der Waals surface area contributed by atoms with Gasteiger partial charge in [-0.3, -0.25) is 0 Å². The summed E-state index contributed by atoms with van der Waals surface area (Å²) in [6.07, 6.45) is 3.85. The van der Waals surface area contributed by atoms with Crippen LogP contribution in [0.25, 0.3) is 0 Å². The van der Waals surface area contributed by atoms with E-state index in [0.29, 0.717) is 11.7 Å². The first kappa shape index (κ1) is 10.6. The molecule has 1 N–H and O–H groups in total. The third-order valence-electron chi connectivity index (χ3n) is 3.11. The van der Waals surface area contributed by atoms with Crippen LogP contribution in [0.15, 0.2) is 10.6 Å². The van der Waals surface area contributed by atoms with Crippen LogP contribution in [0.5, 0.6) is 0 Å². The maximum atomic E-state index is 8.89. The molecule has 0 spiro atoms. The van der Waals surface area contributed by atoms with Gasteiger partial charge in [0.1, 0.15) is 12.4 Å². The van der Waals surface area contributed by atoms with Crippen molar-refractivity contribution >= 4 is 0 Å². The lowest BCUT2D eigenvalue weighted by atomic mass is 9.97. The minimum Gasteiger partial charge on any atom is -0.443 e. The van der Waals surface area contributed by atoms with E-state index in [0.717, 1.165) is 38.4 Å². The van der Waals surface area contributed by atoms with E-state index in [9.17, 15) is 0 Å². The van der Waals surface area contributed by atoms with Crippen molar-refractivity contribution in [1.82, 2.24) is 9.88 Å². The van der Waals surface area contributed by atoms with Crippen molar-refractivity contribution in [2.45, 2.75) is 32.3 Å². The number of hydrogen-bond acceptors (Lipinski definition) is 4. The van der Waals surface area contributed by atoms with Gasteiger partial charge >= 0.3 is 0 Å². The van der Waals surface area contributed by atoms with E-state index in [1.54, 1.807) is 6.20 Å². The molecule has 1 fully saturated rings. The summed E-state index contributed by atoms with van der Waals surface area (Å²) in [5, 5.41) is 8.89. The third kappa shape index (κ3) is 2.38. The van der Waals surface area contributed by atoms with Crippen molar-refractivity contribution in [3.8, 4) is 0 Å². The molecule has 0 aliphatic carbocycles. The molecule has 1 aliphatic rings. The van der Waals surface area contributed by atoms with Crippen molar-refractivity contribution in [3.05, 3.63) is 17.8 Å². The summed E-state index contributed by atoms with van der Waals surface area (Å²) in [6.45, 7) is 5.51. The minimum absolute atomic E-state index is 0.0548. The Balaban J connectivity index is 1.95. The SMILES string of the molecule is CCN1CCC(c2ncc(CO)o2)CC1. The van der Waals surface area contributed by atoms with Crippen LogP contribution in [0.3, 0.4) is 0 Å². The van der Waals surface area contributed by atoms with Crippen LogP contribution in [0.1, 0.15) is 37.3 Å². The van der Waals surface area contributed by atoms with Gasteiger partial charge in [-0.2, -0.15) is 0 Å². The zero-order valence-electron chi connectivity index (χ0n) is 9.15. The van der Waals surface area contributed by atoms with Gasteiger partial charge in [0.2, 0.25) is 0 Å². The van der Waals surface area contributed by atoms with Crippen molar-refractivity contribution in [1.29, 1.82) is 0 Å². The first-order valence-corrected chi connectivity index (χ1v) is 5.61. The zero-order valence-corrected chi connectivity index (χ0v) is 9.15. The van der Waals surface area contributed by atoms with E-state index in [1.807, 2.05) is 0 Å². The van der Waals surface area contributed by atoms with Gasteiger partial charge in [0.05, 0.1) is 6.20 Å². The number of rotatable bonds is 3. The molecule has 2 rings (SSSR count). The Bertz CT molecular complexity index is 303. The molecule has 1 aromatic heterocycles. The van der Waals surface area contributed by atoms with Crippen molar-refractivity contribution in [3.63, 3.8) is 0 Å². The maximum absolute atomic E-state index is 8.89. The minimum atomic E-state index is -0.0548. The fourth-order valence-electron chi connectivity index (χ4n) is 2.08. The largest absolute Gasteiger partial charge is 0.443 e. The molecule has 84 valence electrons. The summed E-state index contributed by atoms with van der Waals surface area (Å²) in [5.74, 6) is 1.81. The lowest BCUT2D eigenvalue weighted by Crippen LogP contribution is -2.32. The van der Waals surface area contributed by atoms with Crippen LogP contribution < -0.4 is 0 Å². The molecular weight excluding hydrogens is 192 g/mol. The Labute approximate surface area is 89.9 Å². The molecule has 1 saturated heterocycles. The Morgan fingerprint density at radius 3 is 2.80 bits per heavy atom. The molecule has 0 unspecified atom stereocenters. The van der Waals surface area contributed by atoms with Gasteiger partial charge in [0.15, 0.2) is 5.89 Å². The quantitative estimate of drug-likeness (QED) is 0.818. The number of aromatic nitrogens is 1. The van der Waals surface area contributed by atoms with Gasteiger partial charge in [0.25, 0.3) is 0 Å². The van der Waals surface area contributed by atoms with E-state index >= 15 is 0 Å². The Morgan fingerprint density at radius 2 is 2.27 bits per heavy atom.